The molecule has 1 fully saturated rings. The van der Waals surface area contributed by atoms with Gasteiger partial charge in [0, 0.05) is 25.4 Å². The number of hydrogen-bond acceptors (Lipinski definition) is 4. The van der Waals surface area contributed by atoms with Crippen LogP contribution >= 0.6 is 0 Å². The molecule has 2 amide bonds. The van der Waals surface area contributed by atoms with Crippen LogP contribution in [0.3, 0.4) is 0 Å². The van der Waals surface area contributed by atoms with Crippen molar-refractivity contribution in [1.29, 1.82) is 0 Å². The van der Waals surface area contributed by atoms with E-state index in [-0.39, 0.29) is 31.0 Å². The van der Waals surface area contributed by atoms with Gasteiger partial charge < -0.3 is 19.7 Å². The fraction of sp³-hybridized carbons (Fsp3) is 0.619. The number of hydrogen-bond donors (Lipinski definition) is 1. The van der Waals surface area contributed by atoms with Gasteiger partial charge in [-0.15, -0.1) is 0 Å². The highest BCUT2D eigenvalue weighted by Crippen LogP contribution is 2.21. The van der Waals surface area contributed by atoms with Gasteiger partial charge in [0.1, 0.15) is 6.10 Å². The van der Waals surface area contributed by atoms with E-state index in [0.29, 0.717) is 29.4 Å². The average Bonchev–Trinajstić information content (AvgIpc) is 3.18. The van der Waals surface area contributed by atoms with Crippen molar-refractivity contribution < 1.29 is 32.2 Å². The number of carbonyl (C=O) groups excluding carboxylic acids is 2. The first-order valence-corrected chi connectivity index (χ1v) is 10.1. The van der Waals surface area contributed by atoms with Crippen LogP contribution in [0.15, 0.2) is 24.3 Å². The first-order chi connectivity index (χ1) is 14.1. The zero-order valence-corrected chi connectivity index (χ0v) is 17.5. The number of ether oxygens (including phenoxy) is 2. The lowest BCUT2D eigenvalue weighted by Crippen LogP contribution is -2.40. The molecule has 168 valence electrons. The maximum absolute atomic E-state index is 12.7. The van der Waals surface area contributed by atoms with E-state index in [1.165, 1.54) is 6.92 Å². The topological polar surface area (TPSA) is 67.9 Å². The smallest absolute Gasteiger partial charge is 0.376 e. The molecule has 1 aliphatic rings. The lowest BCUT2D eigenvalue weighted by atomic mass is 10.1. The van der Waals surface area contributed by atoms with Gasteiger partial charge in [0.05, 0.1) is 12.7 Å². The first-order valence-electron chi connectivity index (χ1n) is 10.1. The summed E-state index contributed by atoms with van der Waals surface area (Å²) >= 11 is 0. The summed E-state index contributed by atoms with van der Waals surface area (Å²) in [5, 5.41) is 2.76. The predicted octanol–water partition coefficient (Wildman–Crippen LogP) is 3.76. The highest BCUT2D eigenvalue weighted by Gasteiger charge is 2.41. The highest BCUT2D eigenvalue weighted by molar-refractivity contribution is 5.94. The van der Waals surface area contributed by atoms with Crippen molar-refractivity contribution >= 4 is 17.5 Å². The molecule has 0 spiro atoms. The second-order valence-corrected chi connectivity index (χ2v) is 7.64. The molecule has 6 nitrogen and oxygen atoms in total. The quantitative estimate of drug-likeness (QED) is 0.648. The van der Waals surface area contributed by atoms with Crippen LogP contribution in [0.1, 0.15) is 39.2 Å². The van der Waals surface area contributed by atoms with Crippen LogP contribution < -0.4 is 5.32 Å². The molecule has 1 N–H and O–H groups in total. The zero-order valence-electron chi connectivity index (χ0n) is 17.5. The van der Waals surface area contributed by atoms with E-state index in [9.17, 15) is 22.8 Å². The molecule has 0 aromatic heterocycles. The van der Waals surface area contributed by atoms with Crippen molar-refractivity contribution in [3.05, 3.63) is 29.8 Å². The third-order valence-corrected chi connectivity index (χ3v) is 4.83. The fourth-order valence-electron chi connectivity index (χ4n) is 3.25. The van der Waals surface area contributed by atoms with Crippen LogP contribution in [-0.2, 0) is 25.6 Å². The molecule has 2 rings (SSSR count). The Bertz CT molecular complexity index is 718. The standard InChI is InChI=1S/C21H29F3N2O4/c1-4-26(20(28)21(22,23)24)12-15-7-5-8-16(11-15)25-19(27)18(14(2)3)30-13-17-9-6-10-29-17/h5,7-8,11,14,17-18H,4,6,9-10,12-13H2,1-3H3,(H,25,27). The van der Waals surface area contributed by atoms with Gasteiger partial charge in [0.2, 0.25) is 0 Å². The van der Waals surface area contributed by atoms with Gasteiger partial charge in [0.15, 0.2) is 0 Å². The molecule has 9 heteroatoms. The van der Waals surface area contributed by atoms with Crippen LogP contribution in [0.5, 0.6) is 0 Å². The van der Waals surface area contributed by atoms with Crippen molar-refractivity contribution in [1.82, 2.24) is 4.90 Å². The Balaban J connectivity index is 2.01. The Morgan fingerprint density at radius 1 is 1.33 bits per heavy atom. The minimum Gasteiger partial charge on any atom is -0.376 e. The average molecular weight is 430 g/mol. The summed E-state index contributed by atoms with van der Waals surface area (Å²) in [5.41, 5.74) is 0.910. The van der Waals surface area contributed by atoms with Crippen molar-refractivity contribution in [3.8, 4) is 0 Å². The van der Waals surface area contributed by atoms with Gasteiger partial charge in [0.25, 0.3) is 5.91 Å². The predicted molar refractivity (Wildman–Crippen MR) is 106 cm³/mol. The molecule has 1 aromatic rings. The van der Waals surface area contributed by atoms with Crippen molar-refractivity contribution in [2.45, 2.75) is 58.5 Å². The molecule has 30 heavy (non-hydrogen) atoms. The number of nitrogens with one attached hydrogen (secondary N) is 1. The fourth-order valence-corrected chi connectivity index (χ4v) is 3.25. The van der Waals surface area contributed by atoms with Crippen LogP contribution in [0.4, 0.5) is 18.9 Å². The summed E-state index contributed by atoms with van der Waals surface area (Å²) in [7, 11) is 0. The number of alkyl halides is 3. The van der Waals surface area contributed by atoms with Crippen molar-refractivity contribution in [3.63, 3.8) is 0 Å². The van der Waals surface area contributed by atoms with E-state index >= 15 is 0 Å². The van der Waals surface area contributed by atoms with Crippen LogP contribution in [0.25, 0.3) is 0 Å². The maximum atomic E-state index is 12.7. The minimum absolute atomic E-state index is 0.00595. The Morgan fingerprint density at radius 2 is 2.07 bits per heavy atom. The van der Waals surface area contributed by atoms with Crippen LogP contribution in [0.2, 0.25) is 0 Å². The zero-order chi connectivity index (χ0) is 22.3. The molecular formula is C21H29F3N2O4. The lowest BCUT2D eigenvalue weighted by Gasteiger charge is -2.23. The van der Waals surface area contributed by atoms with E-state index in [0.717, 1.165) is 12.8 Å². The highest BCUT2D eigenvalue weighted by atomic mass is 19.4. The van der Waals surface area contributed by atoms with Crippen LogP contribution in [-0.4, -0.2) is 54.9 Å². The number of anilines is 1. The van der Waals surface area contributed by atoms with Crippen LogP contribution in [0, 0.1) is 5.92 Å². The first kappa shape index (κ1) is 24.1. The van der Waals surface area contributed by atoms with Gasteiger partial charge in [-0.2, -0.15) is 13.2 Å². The van der Waals surface area contributed by atoms with Gasteiger partial charge in [-0.1, -0.05) is 26.0 Å². The Morgan fingerprint density at radius 3 is 2.63 bits per heavy atom. The lowest BCUT2D eigenvalue weighted by molar-refractivity contribution is -0.185. The molecule has 0 radical (unpaired) electrons. The molecule has 1 saturated heterocycles. The summed E-state index contributed by atoms with van der Waals surface area (Å²) in [5.74, 6) is -2.30. The summed E-state index contributed by atoms with van der Waals surface area (Å²) in [6.07, 6.45) is -3.73. The number of carbonyl (C=O) groups is 2. The third kappa shape index (κ3) is 6.98. The number of amides is 2. The summed E-state index contributed by atoms with van der Waals surface area (Å²) in [4.78, 5) is 24.9. The van der Waals surface area contributed by atoms with Crippen molar-refractivity contribution in [2.75, 3.05) is 25.1 Å². The molecule has 0 bridgehead atoms. The minimum atomic E-state index is -4.92. The molecule has 1 aliphatic heterocycles. The maximum Gasteiger partial charge on any atom is 0.471 e. The molecule has 1 heterocycles. The monoisotopic (exact) mass is 430 g/mol. The Kier molecular flexibility index (Phi) is 8.66. The third-order valence-electron chi connectivity index (χ3n) is 4.83. The Hall–Kier alpha value is -2.13. The number of halogens is 3. The van der Waals surface area contributed by atoms with Gasteiger partial charge in [-0.3, -0.25) is 9.59 Å². The van der Waals surface area contributed by atoms with E-state index in [1.807, 2.05) is 13.8 Å². The second kappa shape index (κ2) is 10.8. The van der Waals surface area contributed by atoms with E-state index in [1.54, 1.807) is 24.3 Å². The van der Waals surface area contributed by atoms with E-state index < -0.39 is 18.2 Å². The summed E-state index contributed by atoms with van der Waals surface area (Å²) in [6, 6.07) is 6.42. The normalized spacial score (nSPS) is 17.8. The summed E-state index contributed by atoms with van der Waals surface area (Å²) < 4.78 is 49.5. The van der Waals surface area contributed by atoms with Gasteiger partial charge in [-0.05, 0) is 43.4 Å². The SMILES string of the molecule is CCN(Cc1cccc(NC(=O)C(OCC2CCCO2)C(C)C)c1)C(=O)C(F)(F)F. The van der Waals surface area contributed by atoms with Gasteiger partial charge >= 0.3 is 12.1 Å². The second-order valence-electron chi connectivity index (χ2n) is 7.64. The largest absolute Gasteiger partial charge is 0.471 e. The van der Waals surface area contributed by atoms with E-state index in [2.05, 4.69) is 5.32 Å². The number of rotatable bonds is 9. The van der Waals surface area contributed by atoms with E-state index in [4.69, 9.17) is 9.47 Å². The summed E-state index contributed by atoms with van der Waals surface area (Å²) in [6.45, 7) is 5.97. The molecule has 0 aliphatic carbocycles. The number of nitrogens with zero attached hydrogens (tertiary/aromatic N) is 1. The van der Waals surface area contributed by atoms with Gasteiger partial charge in [-0.25, -0.2) is 0 Å². The Labute approximate surface area is 174 Å². The molecule has 2 unspecified atom stereocenters. The number of benzene rings is 1. The molecule has 2 atom stereocenters. The molecule has 0 saturated carbocycles. The van der Waals surface area contributed by atoms with Crippen molar-refractivity contribution in [2.24, 2.45) is 5.92 Å². The molecular weight excluding hydrogens is 401 g/mol. The molecule has 1 aromatic carbocycles.